The number of rotatable bonds is 5. The maximum atomic E-state index is 11.5. The number of anilines is 1. The fraction of sp³-hybridized carbons (Fsp3) is 0.643. The number of primary amides is 1. The van der Waals surface area contributed by atoms with Gasteiger partial charge in [0.05, 0.1) is 0 Å². The van der Waals surface area contributed by atoms with Crippen molar-refractivity contribution < 1.29 is 4.79 Å². The van der Waals surface area contributed by atoms with Crippen molar-refractivity contribution in [1.29, 1.82) is 0 Å². The Hall–Kier alpha value is -1.69. The van der Waals surface area contributed by atoms with Gasteiger partial charge in [0.15, 0.2) is 11.5 Å². The molecule has 0 saturated heterocycles. The molecule has 1 aromatic heterocycles. The zero-order valence-electron chi connectivity index (χ0n) is 12.0. The van der Waals surface area contributed by atoms with Crippen LogP contribution in [0.1, 0.15) is 49.5 Å². The molecule has 6 heteroatoms. The molecule has 1 amide bonds. The zero-order chi connectivity index (χ0) is 14.5. The number of carbonyl (C=O) groups excluding carboxylic acids is 1. The molecule has 1 saturated carbocycles. The summed E-state index contributed by atoms with van der Waals surface area (Å²) in [5.41, 5.74) is 11.6. The van der Waals surface area contributed by atoms with Gasteiger partial charge in [0, 0.05) is 31.0 Å². The summed E-state index contributed by atoms with van der Waals surface area (Å²) in [7, 11) is 0. The Balaban J connectivity index is 2.26. The molecule has 110 valence electrons. The summed E-state index contributed by atoms with van der Waals surface area (Å²) in [6.07, 6.45) is 8.17. The topological polar surface area (TPSA) is 98.1 Å². The molecular formula is C14H23N5O. The lowest BCUT2D eigenvalue weighted by molar-refractivity contribution is 0.0995. The summed E-state index contributed by atoms with van der Waals surface area (Å²) >= 11 is 0. The van der Waals surface area contributed by atoms with Gasteiger partial charge in [0.1, 0.15) is 0 Å². The molecule has 1 aromatic rings. The number of hydrogen-bond acceptors (Lipinski definition) is 5. The van der Waals surface area contributed by atoms with E-state index in [0.717, 1.165) is 38.6 Å². The second-order valence-electron chi connectivity index (χ2n) is 5.35. The molecule has 0 spiro atoms. The highest BCUT2D eigenvalue weighted by Gasteiger charge is 2.27. The van der Waals surface area contributed by atoms with E-state index in [1.54, 1.807) is 6.20 Å². The lowest BCUT2D eigenvalue weighted by atomic mass is 9.90. The Kier molecular flexibility index (Phi) is 4.89. The molecule has 20 heavy (non-hydrogen) atoms. The van der Waals surface area contributed by atoms with Crippen molar-refractivity contribution in [3.8, 4) is 0 Å². The van der Waals surface area contributed by atoms with Crippen LogP contribution >= 0.6 is 0 Å². The number of hydrogen-bond donors (Lipinski definition) is 2. The highest BCUT2D eigenvalue weighted by Crippen LogP contribution is 2.27. The number of nitrogens with two attached hydrogens (primary N) is 2. The van der Waals surface area contributed by atoms with E-state index in [2.05, 4.69) is 21.8 Å². The van der Waals surface area contributed by atoms with Gasteiger partial charge >= 0.3 is 0 Å². The third-order valence-electron chi connectivity index (χ3n) is 3.83. The smallest absolute Gasteiger partial charge is 0.271 e. The molecule has 0 bridgehead atoms. The van der Waals surface area contributed by atoms with Gasteiger partial charge in [-0.05, 0) is 32.1 Å². The van der Waals surface area contributed by atoms with Crippen LogP contribution in [0.4, 0.5) is 5.82 Å². The number of amides is 1. The first-order chi connectivity index (χ1) is 9.63. The fourth-order valence-electron chi connectivity index (χ4n) is 2.83. The SMILES string of the molecule is CCCN(c1nccnc1C(N)=O)C1CCC(N)CC1. The summed E-state index contributed by atoms with van der Waals surface area (Å²) in [6.45, 7) is 2.96. The molecule has 0 radical (unpaired) electrons. The number of aromatic nitrogens is 2. The second-order valence-corrected chi connectivity index (χ2v) is 5.35. The molecule has 0 unspecified atom stereocenters. The van der Waals surface area contributed by atoms with Crippen molar-refractivity contribution in [3.05, 3.63) is 18.1 Å². The average molecular weight is 277 g/mol. The van der Waals surface area contributed by atoms with E-state index in [4.69, 9.17) is 11.5 Å². The standard InChI is InChI=1S/C14H23N5O/c1-2-9-19(11-5-3-10(15)4-6-11)14-12(13(16)20)17-7-8-18-14/h7-8,10-11H,2-6,9,15H2,1H3,(H2,16,20). The highest BCUT2D eigenvalue weighted by molar-refractivity contribution is 5.95. The number of nitrogens with zero attached hydrogens (tertiary/aromatic N) is 3. The molecule has 1 heterocycles. The van der Waals surface area contributed by atoms with Gasteiger partial charge in [0.2, 0.25) is 0 Å². The van der Waals surface area contributed by atoms with Crippen LogP contribution in [0, 0.1) is 0 Å². The van der Waals surface area contributed by atoms with Crippen LogP contribution in [0.15, 0.2) is 12.4 Å². The van der Waals surface area contributed by atoms with Crippen molar-refractivity contribution in [3.63, 3.8) is 0 Å². The maximum absolute atomic E-state index is 11.5. The lowest BCUT2D eigenvalue weighted by Gasteiger charge is -2.37. The monoisotopic (exact) mass is 277 g/mol. The Labute approximate surface area is 119 Å². The van der Waals surface area contributed by atoms with E-state index in [9.17, 15) is 4.79 Å². The van der Waals surface area contributed by atoms with E-state index in [1.807, 2.05) is 0 Å². The average Bonchev–Trinajstić information content (AvgIpc) is 2.46. The fourth-order valence-corrected chi connectivity index (χ4v) is 2.83. The largest absolute Gasteiger partial charge is 0.364 e. The van der Waals surface area contributed by atoms with Gasteiger partial charge < -0.3 is 16.4 Å². The predicted octanol–water partition coefficient (Wildman–Crippen LogP) is 1.06. The molecule has 1 aliphatic rings. The quantitative estimate of drug-likeness (QED) is 0.838. The first-order valence-electron chi connectivity index (χ1n) is 7.26. The van der Waals surface area contributed by atoms with Crippen LogP contribution in [0.3, 0.4) is 0 Å². The first-order valence-corrected chi connectivity index (χ1v) is 7.26. The highest BCUT2D eigenvalue weighted by atomic mass is 16.1. The predicted molar refractivity (Wildman–Crippen MR) is 78.4 cm³/mol. The summed E-state index contributed by atoms with van der Waals surface area (Å²) in [5, 5.41) is 0. The molecule has 1 fully saturated rings. The van der Waals surface area contributed by atoms with Crippen LogP contribution in [-0.4, -0.2) is 34.5 Å². The van der Waals surface area contributed by atoms with Gasteiger partial charge in [0.25, 0.3) is 5.91 Å². The van der Waals surface area contributed by atoms with Crippen LogP contribution < -0.4 is 16.4 Å². The summed E-state index contributed by atoms with van der Waals surface area (Å²) < 4.78 is 0. The Morgan fingerprint density at radius 2 is 1.95 bits per heavy atom. The summed E-state index contributed by atoms with van der Waals surface area (Å²) in [4.78, 5) is 22.2. The minimum atomic E-state index is -0.526. The normalized spacial score (nSPS) is 22.5. The van der Waals surface area contributed by atoms with E-state index >= 15 is 0 Å². The minimum Gasteiger partial charge on any atom is -0.364 e. The number of carbonyl (C=O) groups is 1. The van der Waals surface area contributed by atoms with Gasteiger partial charge in [-0.15, -0.1) is 0 Å². The van der Waals surface area contributed by atoms with E-state index in [0.29, 0.717) is 17.9 Å². The second kappa shape index (κ2) is 6.65. The van der Waals surface area contributed by atoms with Crippen LogP contribution in [-0.2, 0) is 0 Å². The summed E-state index contributed by atoms with van der Waals surface area (Å²) in [5.74, 6) is 0.0871. The molecular weight excluding hydrogens is 254 g/mol. The molecule has 2 rings (SSSR count). The van der Waals surface area contributed by atoms with Gasteiger partial charge in [-0.1, -0.05) is 6.92 Å². The Morgan fingerprint density at radius 3 is 2.55 bits per heavy atom. The summed E-state index contributed by atoms with van der Waals surface area (Å²) in [6, 6.07) is 0.664. The maximum Gasteiger partial charge on any atom is 0.271 e. The van der Waals surface area contributed by atoms with Crippen molar-refractivity contribution in [2.75, 3.05) is 11.4 Å². The molecule has 0 aliphatic heterocycles. The van der Waals surface area contributed by atoms with Crippen LogP contribution in [0.25, 0.3) is 0 Å². The van der Waals surface area contributed by atoms with E-state index in [-0.39, 0.29) is 5.69 Å². The van der Waals surface area contributed by atoms with Crippen molar-refractivity contribution in [2.24, 2.45) is 11.5 Å². The van der Waals surface area contributed by atoms with Gasteiger partial charge in [-0.2, -0.15) is 0 Å². The molecule has 0 aromatic carbocycles. The van der Waals surface area contributed by atoms with Gasteiger partial charge in [-0.3, -0.25) is 4.79 Å². The molecule has 4 N–H and O–H groups in total. The van der Waals surface area contributed by atoms with Crippen molar-refractivity contribution in [1.82, 2.24) is 9.97 Å². The van der Waals surface area contributed by atoms with Crippen LogP contribution in [0.2, 0.25) is 0 Å². The Bertz CT molecular complexity index is 457. The third kappa shape index (κ3) is 3.25. The van der Waals surface area contributed by atoms with E-state index in [1.165, 1.54) is 6.20 Å². The van der Waals surface area contributed by atoms with Crippen molar-refractivity contribution in [2.45, 2.75) is 51.1 Å². The molecule has 6 nitrogen and oxygen atoms in total. The zero-order valence-corrected chi connectivity index (χ0v) is 12.0. The van der Waals surface area contributed by atoms with E-state index < -0.39 is 5.91 Å². The van der Waals surface area contributed by atoms with Crippen LogP contribution in [0.5, 0.6) is 0 Å². The minimum absolute atomic E-state index is 0.260. The van der Waals surface area contributed by atoms with Crippen molar-refractivity contribution >= 4 is 11.7 Å². The lowest BCUT2D eigenvalue weighted by Crippen LogP contribution is -2.42. The molecule has 1 aliphatic carbocycles. The van der Waals surface area contributed by atoms with Gasteiger partial charge in [-0.25, -0.2) is 9.97 Å². The third-order valence-corrected chi connectivity index (χ3v) is 3.83. The first kappa shape index (κ1) is 14.7. The molecule has 0 atom stereocenters. The Morgan fingerprint density at radius 1 is 1.30 bits per heavy atom.